The predicted molar refractivity (Wildman–Crippen MR) is 94.5 cm³/mol. The van der Waals surface area contributed by atoms with Gasteiger partial charge in [0.05, 0.1) is 0 Å². The van der Waals surface area contributed by atoms with Gasteiger partial charge in [-0.15, -0.1) is 23.7 Å². The Labute approximate surface area is 139 Å². The number of carbonyl (C=O) groups is 1. The van der Waals surface area contributed by atoms with Gasteiger partial charge in [-0.25, -0.2) is 0 Å². The largest absolute Gasteiger partial charge is 0.345 e. The first-order valence-electron chi connectivity index (χ1n) is 7.25. The molecule has 0 atom stereocenters. The minimum Gasteiger partial charge on any atom is -0.345 e. The molecule has 0 fully saturated rings. The highest BCUT2D eigenvalue weighted by atomic mass is 35.5. The number of thiophene rings is 1. The van der Waals surface area contributed by atoms with Gasteiger partial charge in [0, 0.05) is 29.8 Å². The molecule has 0 unspecified atom stereocenters. The molecule has 1 amide bonds. The molecule has 1 rings (SSSR count). The molecule has 0 bridgehead atoms. The first kappa shape index (κ1) is 20.4. The van der Waals surface area contributed by atoms with Crippen LogP contribution in [0.25, 0.3) is 0 Å². The number of halogens is 1. The molecule has 21 heavy (non-hydrogen) atoms. The molecule has 1 aromatic rings. The van der Waals surface area contributed by atoms with E-state index in [2.05, 4.69) is 33.8 Å². The lowest BCUT2D eigenvalue weighted by Crippen LogP contribution is -2.39. The summed E-state index contributed by atoms with van der Waals surface area (Å²) in [5.74, 6) is 0.219. The van der Waals surface area contributed by atoms with E-state index in [-0.39, 0.29) is 23.7 Å². The van der Waals surface area contributed by atoms with Crippen molar-refractivity contribution < 1.29 is 4.79 Å². The standard InChI is InChI=1S/C16H28N2OS.ClH/c1-12-9-14(13(2)20-12)7-6-8-15(19)18(5)11-16(3,4)10-17;/h9H,6-8,10-11,17H2,1-5H3;1H. The molecule has 122 valence electrons. The lowest BCUT2D eigenvalue weighted by atomic mass is 9.93. The summed E-state index contributed by atoms with van der Waals surface area (Å²) in [6.07, 6.45) is 2.53. The zero-order chi connectivity index (χ0) is 15.3. The van der Waals surface area contributed by atoms with Crippen LogP contribution >= 0.6 is 23.7 Å². The molecule has 1 aromatic heterocycles. The lowest BCUT2D eigenvalue weighted by molar-refractivity contribution is -0.131. The fraction of sp³-hybridized carbons (Fsp3) is 0.688. The van der Waals surface area contributed by atoms with Crippen LogP contribution in [0, 0.1) is 19.3 Å². The van der Waals surface area contributed by atoms with E-state index in [1.54, 1.807) is 0 Å². The summed E-state index contributed by atoms with van der Waals surface area (Å²) in [4.78, 5) is 16.7. The summed E-state index contributed by atoms with van der Waals surface area (Å²) in [6.45, 7) is 9.79. The van der Waals surface area contributed by atoms with Crippen LogP contribution in [0.4, 0.5) is 0 Å². The Kier molecular flexibility index (Phi) is 8.52. The van der Waals surface area contributed by atoms with Gasteiger partial charge >= 0.3 is 0 Å². The second-order valence-corrected chi connectivity index (χ2v) is 7.87. The molecule has 0 aliphatic heterocycles. The van der Waals surface area contributed by atoms with E-state index in [1.807, 2.05) is 23.3 Å². The zero-order valence-corrected chi connectivity index (χ0v) is 15.5. The molecule has 0 radical (unpaired) electrons. The number of nitrogens with two attached hydrogens (primary N) is 1. The Hall–Kier alpha value is -0.580. The number of hydrogen-bond acceptors (Lipinski definition) is 3. The predicted octanol–water partition coefficient (Wildman–Crippen LogP) is 3.55. The Morgan fingerprint density at radius 3 is 2.48 bits per heavy atom. The van der Waals surface area contributed by atoms with Crippen LogP contribution in [-0.4, -0.2) is 30.9 Å². The molecule has 0 spiro atoms. The summed E-state index contributed by atoms with van der Waals surface area (Å²) in [5.41, 5.74) is 7.10. The molecule has 3 nitrogen and oxygen atoms in total. The summed E-state index contributed by atoms with van der Waals surface area (Å²) in [7, 11) is 1.87. The maximum atomic E-state index is 12.1. The van der Waals surface area contributed by atoms with Crippen molar-refractivity contribution >= 4 is 29.7 Å². The van der Waals surface area contributed by atoms with E-state index in [1.165, 1.54) is 15.3 Å². The highest BCUT2D eigenvalue weighted by Gasteiger charge is 2.20. The average Bonchev–Trinajstić information content (AvgIpc) is 2.67. The van der Waals surface area contributed by atoms with E-state index < -0.39 is 0 Å². The first-order chi connectivity index (χ1) is 9.25. The summed E-state index contributed by atoms with van der Waals surface area (Å²) in [6, 6.07) is 2.24. The third kappa shape index (κ3) is 6.81. The highest BCUT2D eigenvalue weighted by Crippen LogP contribution is 2.22. The van der Waals surface area contributed by atoms with Gasteiger partial charge in [0.1, 0.15) is 0 Å². The summed E-state index contributed by atoms with van der Waals surface area (Å²) >= 11 is 1.84. The normalized spacial score (nSPS) is 11.1. The van der Waals surface area contributed by atoms with E-state index in [9.17, 15) is 4.79 Å². The van der Waals surface area contributed by atoms with Crippen molar-refractivity contribution in [1.29, 1.82) is 0 Å². The molecule has 0 saturated heterocycles. The lowest BCUT2D eigenvalue weighted by Gasteiger charge is -2.29. The van der Waals surface area contributed by atoms with Crippen LogP contribution in [0.3, 0.4) is 0 Å². The maximum absolute atomic E-state index is 12.1. The molecule has 1 heterocycles. The van der Waals surface area contributed by atoms with Gasteiger partial charge in [0.2, 0.25) is 5.91 Å². The van der Waals surface area contributed by atoms with Crippen molar-refractivity contribution in [3.8, 4) is 0 Å². The number of carbonyl (C=O) groups excluding carboxylic acids is 1. The van der Waals surface area contributed by atoms with Gasteiger partial charge in [0.25, 0.3) is 0 Å². The minimum atomic E-state index is -0.00846. The number of rotatable bonds is 7. The van der Waals surface area contributed by atoms with Crippen LogP contribution in [0.2, 0.25) is 0 Å². The van der Waals surface area contributed by atoms with Crippen LogP contribution in [-0.2, 0) is 11.2 Å². The Morgan fingerprint density at radius 1 is 1.38 bits per heavy atom. The van der Waals surface area contributed by atoms with Crippen molar-refractivity contribution in [3.63, 3.8) is 0 Å². The summed E-state index contributed by atoms with van der Waals surface area (Å²) < 4.78 is 0. The fourth-order valence-electron chi connectivity index (χ4n) is 2.35. The first-order valence-corrected chi connectivity index (χ1v) is 8.07. The van der Waals surface area contributed by atoms with E-state index in [0.29, 0.717) is 13.0 Å². The third-order valence-electron chi connectivity index (χ3n) is 3.62. The van der Waals surface area contributed by atoms with Crippen LogP contribution < -0.4 is 5.73 Å². The fourth-order valence-corrected chi connectivity index (χ4v) is 3.32. The quantitative estimate of drug-likeness (QED) is 0.830. The second-order valence-electron chi connectivity index (χ2n) is 6.41. The van der Waals surface area contributed by atoms with Gasteiger partial charge in [-0.1, -0.05) is 13.8 Å². The number of hydrogen-bond donors (Lipinski definition) is 1. The van der Waals surface area contributed by atoms with Crippen molar-refractivity contribution in [3.05, 3.63) is 21.4 Å². The average molecular weight is 333 g/mol. The molecule has 0 aromatic carbocycles. The minimum absolute atomic E-state index is 0. The Morgan fingerprint density at radius 2 is 2.00 bits per heavy atom. The smallest absolute Gasteiger partial charge is 0.222 e. The van der Waals surface area contributed by atoms with Crippen LogP contribution in [0.1, 0.15) is 42.0 Å². The molecule has 0 saturated carbocycles. The molecule has 5 heteroatoms. The number of aryl methyl sites for hydroxylation is 3. The highest BCUT2D eigenvalue weighted by molar-refractivity contribution is 7.12. The molecular formula is C16H29ClN2OS. The molecule has 2 N–H and O–H groups in total. The van der Waals surface area contributed by atoms with E-state index >= 15 is 0 Å². The Bertz CT molecular complexity index is 457. The van der Waals surface area contributed by atoms with Gasteiger partial charge in [-0.2, -0.15) is 0 Å². The second kappa shape index (κ2) is 8.76. The zero-order valence-electron chi connectivity index (χ0n) is 13.9. The molecule has 0 aliphatic carbocycles. The van der Waals surface area contributed by atoms with Crippen molar-refractivity contribution in [2.45, 2.75) is 47.0 Å². The molecule has 0 aliphatic rings. The number of nitrogens with zero attached hydrogens (tertiary/aromatic N) is 1. The maximum Gasteiger partial charge on any atom is 0.222 e. The van der Waals surface area contributed by atoms with Crippen molar-refractivity contribution in [2.24, 2.45) is 11.1 Å². The van der Waals surface area contributed by atoms with Crippen LogP contribution in [0.15, 0.2) is 6.07 Å². The van der Waals surface area contributed by atoms with Gasteiger partial charge in [-0.3, -0.25) is 4.79 Å². The van der Waals surface area contributed by atoms with Gasteiger partial charge < -0.3 is 10.6 Å². The van der Waals surface area contributed by atoms with E-state index in [4.69, 9.17) is 5.73 Å². The Balaban J connectivity index is 0.00000400. The van der Waals surface area contributed by atoms with E-state index in [0.717, 1.165) is 19.4 Å². The number of amides is 1. The third-order valence-corrected chi connectivity index (χ3v) is 4.63. The van der Waals surface area contributed by atoms with Crippen molar-refractivity contribution in [1.82, 2.24) is 4.90 Å². The van der Waals surface area contributed by atoms with Crippen molar-refractivity contribution in [2.75, 3.05) is 20.1 Å². The molecular weight excluding hydrogens is 304 g/mol. The SMILES string of the molecule is Cc1cc(CCCC(=O)N(C)CC(C)(C)CN)c(C)s1.Cl. The topological polar surface area (TPSA) is 46.3 Å². The summed E-state index contributed by atoms with van der Waals surface area (Å²) in [5, 5.41) is 0. The van der Waals surface area contributed by atoms with Gasteiger partial charge in [0.15, 0.2) is 0 Å². The van der Waals surface area contributed by atoms with Crippen LogP contribution in [0.5, 0.6) is 0 Å². The monoisotopic (exact) mass is 332 g/mol. The van der Waals surface area contributed by atoms with Gasteiger partial charge in [-0.05, 0) is 50.3 Å².